The Hall–Kier alpha value is -1.95. The minimum atomic E-state index is -8.59. The number of hydrogen-bond acceptors (Lipinski definition) is 3. The van der Waals surface area contributed by atoms with Gasteiger partial charge in [0.05, 0.1) is 0 Å². The first-order valence-corrected chi connectivity index (χ1v) is 11.3. The van der Waals surface area contributed by atoms with Gasteiger partial charge in [0.2, 0.25) is 0 Å². The van der Waals surface area contributed by atoms with E-state index in [9.17, 15) is 123 Å². The molecule has 0 fully saturated rings. The van der Waals surface area contributed by atoms with Gasteiger partial charge in [0.15, 0.2) is 0 Å². The Morgan fingerprint density at radius 2 is 0.652 bits per heavy atom. The lowest BCUT2D eigenvalue weighted by atomic mass is 9.88. The predicted octanol–water partition coefficient (Wildman–Crippen LogP) is 8.03. The fourth-order valence-corrected chi connectivity index (χ4v) is 2.65. The molecule has 0 heterocycles. The van der Waals surface area contributed by atoms with Crippen LogP contribution in [0.2, 0.25) is 0 Å². The molecule has 0 saturated heterocycles. The Labute approximate surface area is 234 Å². The molecule has 0 bridgehead atoms. The van der Waals surface area contributed by atoms with Crippen LogP contribution in [-0.4, -0.2) is 90.4 Å². The van der Waals surface area contributed by atoms with Crippen molar-refractivity contribution < 1.29 is 127 Å². The van der Waals surface area contributed by atoms with Crippen LogP contribution < -0.4 is 5.73 Å². The van der Waals surface area contributed by atoms with Crippen molar-refractivity contribution in [3.8, 4) is 0 Å². The second-order valence-electron chi connectivity index (χ2n) is 8.18. The molecular formula is C15H9F26NO3S. The summed E-state index contributed by atoms with van der Waals surface area (Å²) in [5.41, 5.74) is 4.57. The first-order valence-electron chi connectivity index (χ1n) is 9.90. The van der Waals surface area contributed by atoms with Crippen LogP contribution in [0.5, 0.6) is 0 Å². The second kappa shape index (κ2) is 12.2. The lowest BCUT2D eigenvalue weighted by molar-refractivity contribution is -0.461. The van der Waals surface area contributed by atoms with Gasteiger partial charge in [-0.05, 0) is 13.0 Å². The molecule has 0 rings (SSSR count). The highest BCUT2D eigenvalue weighted by molar-refractivity contribution is 7.87. The Balaban J connectivity index is 0. The second-order valence-corrected chi connectivity index (χ2v) is 9.64. The van der Waals surface area contributed by atoms with Crippen molar-refractivity contribution in [3.63, 3.8) is 0 Å². The molecule has 0 spiro atoms. The molecule has 0 aliphatic heterocycles. The summed E-state index contributed by atoms with van der Waals surface area (Å²) in [6.07, 6.45) is -18.7. The molecule has 0 aromatic rings. The number of hydrogen-bond donors (Lipinski definition) is 2. The summed E-state index contributed by atoms with van der Waals surface area (Å²) in [6, 6.07) is 0. The minimum Gasteiger partial charge on any atom is -0.330 e. The van der Waals surface area contributed by atoms with Crippen molar-refractivity contribution in [2.45, 2.75) is 83.8 Å². The summed E-state index contributed by atoms with van der Waals surface area (Å²) in [4.78, 5) is 0. The molecule has 46 heavy (non-hydrogen) atoms. The summed E-state index contributed by atoms with van der Waals surface area (Å²) >= 11 is 0. The van der Waals surface area contributed by atoms with E-state index in [0.29, 0.717) is 0 Å². The molecule has 0 saturated carbocycles. The highest BCUT2D eigenvalue weighted by Crippen LogP contribution is 2.64. The van der Waals surface area contributed by atoms with Crippen molar-refractivity contribution in [3.05, 3.63) is 0 Å². The van der Waals surface area contributed by atoms with Crippen molar-refractivity contribution in [1.82, 2.24) is 0 Å². The van der Waals surface area contributed by atoms with E-state index in [-0.39, 0.29) is 0 Å². The Kier molecular flexibility index (Phi) is 12.2. The van der Waals surface area contributed by atoms with E-state index in [4.69, 9.17) is 4.55 Å². The molecular weight excluding hydrogens is 768 g/mol. The van der Waals surface area contributed by atoms with E-state index in [1.165, 1.54) is 0 Å². The molecule has 3 N–H and O–H groups in total. The quantitative estimate of drug-likeness (QED) is 0.156. The summed E-state index contributed by atoms with van der Waals surface area (Å²) in [5.74, 6) is -70.6. The van der Waals surface area contributed by atoms with E-state index in [0.717, 1.165) is 0 Å². The average Bonchev–Trinajstić information content (AvgIpc) is 2.79. The number of halogens is 26. The monoisotopic (exact) mass is 777 g/mol. The largest absolute Gasteiger partial charge is 0.460 e. The van der Waals surface area contributed by atoms with Crippen LogP contribution in [0.1, 0.15) is 12.8 Å². The zero-order chi connectivity index (χ0) is 38.6. The van der Waals surface area contributed by atoms with Crippen molar-refractivity contribution in [1.29, 1.82) is 0 Å². The molecule has 0 atom stereocenters. The van der Waals surface area contributed by atoms with Crippen LogP contribution in [-0.2, 0) is 10.1 Å². The molecule has 0 radical (unpaired) electrons. The van der Waals surface area contributed by atoms with Gasteiger partial charge in [-0.2, -0.15) is 123 Å². The van der Waals surface area contributed by atoms with Gasteiger partial charge in [-0.3, -0.25) is 4.55 Å². The smallest absolute Gasteiger partial charge is 0.330 e. The zero-order valence-corrected chi connectivity index (χ0v) is 21.0. The maximum atomic E-state index is 13.3. The number of alkyl halides is 26. The van der Waals surface area contributed by atoms with Crippen LogP contribution in [0.25, 0.3) is 0 Å². The van der Waals surface area contributed by atoms with Crippen molar-refractivity contribution in [2.75, 3.05) is 6.54 Å². The topological polar surface area (TPSA) is 80.4 Å². The minimum absolute atomic E-state index is 0.959. The Morgan fingerprint density at radius 3 is 0.891 bits per heavy atom. The molecule has 4 nitrogen and oxygen atoms in total. The summed E-state index contributed by atoms with van der Waals surface area (Å²) in [6.45, 7) is -0.959. The summed E-state index contributed by atoms with van der Waals surface area (Å²) < 4.78 is 352. The van der Waals surface area contributed by atoms with Crippen LogP contribution in [0.3, 0.4) is 0 Å². The molecule has 0 unspecified atom stereocenters. The maximum absolute atomic E-state index is 13.3. The SMILES string of the molecule is NCCCC(F)(F)C(F)(F)C(F)(F)C(F)(F)C(F)(F)C(F)(F)C(F)(F)C(F)(F)F.O=S(=O)(O)C(F)(F)C(F)(F)C(F)(F)C(F)(F)F. The summed E-state index contributed by atoms with van der Waals surface area (Å²) in [5, 5.41) is -7.00. The molecule has 31 heteroatoms. The first kappa shape index (κ1) is 46.2. The molecule has 0 aromatic carbocycles. The zero-order valence-electron chi connectivity index (χ0n) is 20.2. The van der Waals surface area contributed by atoms with Gasteiger partial charge in [-0.25, -0.2) is 0 Å². The van der Waals surface area contributed by atoms with Gasteiger partial charge in [-0.15, -0.1) is 0 Å². The van der Waals surface area contributed by atoms with Crippen molar-refractivity contribution >= 4 is 10.1 Å². The van der Waals surface area contributed by atoms with Gasteiger partial charge in [0.1, 0.15) is 0 Å². The van der Waals surface area contributed by atoms with Gasteiger partial charge in [-0.1, -0.05) is 0 Å². The molecule has 0 aliphatic rings. The lowest BCUT2D eigenvalue weighted by Crippen LogP contribution is -2.74. The van der Waals surface area contributed by atoms with E-state index in [1.807, 2.05) is 0 Å². The van der Waals surface area contributed by atoms with E-state index >= 15 is 0 Å². The van der Waals surface area contributed by atoms with Gasteiger partial charge in [0.25, 0.3) is 0 Å². The molecule has 0 amide bonds. The van der Waals surface area contributed by atoms with Crippen LogP contribution in [0.15, 0.2) is 0 Å². The fraction of sp³-hybridized carbons (Fsp3) is 1.00. The first-order chi connectivity index (χ1) is 19.3. The molecule has 280 valence electrons. The van der Waals surface area contributed by atoms with Gasteiger partial charge in [0, 0.05) is 6.42 Å². The Bertz CT molecular complexity index is 1150. The van der Waals surface area contributed by atoms with E-state index < -0.39 is 100 Å². The normalized spacial score (nSPS) is 16.3. The summed E-state index contributed by atoms with van der Waals surface area (Å²) in [7, 11) is -7.17. The van der Waals surface area contributed by atoms with Crippen LogP contribution >= 0.6 is 0 Å². The Morgan fingerprint density at radius 1 is 0.413 bits per heavy atom. The van der Waals surface area contributed by atoms with Crippen LogP contribution in [0.4, 0.5) is 114 Å². The third-order valence-electron chi connectivity index (χ3n) is 4.92. The van der Waals surface area contributed by atoms with E-state index in [2.05, 4.69) is 5.73 Å². The highest BCUT2D eigenvalue weighted by Gasteiger charge is 2.95. The fourth-order valence-electron chi connectivity index (χ4n) is 2.20. The van der Waals surface area contributed by atoms with Crippen molar-refractivity contribution in [2.24, 2.45) is 5.73 Å². The van der Waals surface area contributed by atoms with E-state index in [1.54, 1.807) is 0 Å². The average molecular weight is 777 g/mol. The third-order valence-corrected chi connectivity index (χ3v) is 5.83. The number of nitrogens with two attached hydrogens (primary N) is 1. The lowest BCUT2D eigenvalue weighted by Gasteiger charge is -2.42. The van der Waals surface area contributed by atoms with Gasteiger partial charge >= 0.3 is 81.0 Å². The standard InChI is InChI=1S/C11H8F17N.C4HF9O3S/c12-4(13,2-1-3-29)5(14,15)6(16,17)7(18,19)8(20,21)9(22,23)10(24,25)11(26,27)28;5-1(6,3(9,10)11)2(7,8)4(12,13)17(14,15)16/h1-3,29H2;(H,14,15,16). The van der Waals surface area contributed by atoms with Crippen LogP contribution in [0, 0.1) is 0 Å². The predicted molar refractivity (Wildman–Crippen MR) is 91.4 cm³/mol. The third kappa shape index (κ3) is 6.80. The van der Waals surface area contributed by atoms with Gasteiger partial charge < -0.3 is 5.73 Å². The maximum Gasteiger partial charge on any atom is 0.460 e. The number of rotatable bonds is 12. The highest BCUT2D eigenvalue weighted by atomic mass is 32.2. The molecule has 0 aromatic heterocycles. The molecule has 0 aliphatic carbocycles.